The zero-order valence-corrected chi connectivity index (χ0v) is 42.2. The molecule has 5 heterocycles. The summed E-state index contributed by atoms with van der Waals surface area (Å²) < 4.78 is 26.3. The van der Waals surface area contributed by atoms with Crippen LogP contribution >= 0.6 is 23.4 Å². The molecule has 0 unspecified atom stereocenters. The van der Waals surface area contributed by atoms with Crippen molar-refractivity contribution in [2.45, 2.75) is 80.0 Å². The van der Waals surface area contributed by atoms with Gasteiger partial charge in [0.25, 0.3) is 0 Å². The zero-order chi connectivity index (χ0) is 47.7. The van der Waals surface area contributed by atoms with E-state index in [1.807, 2.05) is 96.7 Å². The van der Waals surface area contributed by atoms with Crippen LogP contribution in [0.5, 0.6) is 11.5 Å². The van der Waals surface area contributed by atoms with Gasteiger partial charge in [0.05, 0.1) is 30.6 Å². The number of hydrogen-bond acceptors (Lipinski definition) is 10. The fourth-order valence-corrected chi connectivity index (χ4v) is 11.4. The first kappa shape index (κ1) is 52.1. The molecule has 4 fully saturated rings. The number of phenolic OH excluding ortho intramolecular Hbond substituents is 1. The Hall–Kier alpha value is -4.77. The van der Waals surface area contributed by atoms with E-state index in [9.17, 15) is 24.5 Å². The highest BCUT2D eigenvalue weighted by atomic mass is 79.9. The molecule has 0 saturated carbocycles. The Bertz CT molecular complexity index is 2540. The number of nitrogens with zero attached hydrogens (tertiary/aromatic N) is 3. The van der Waals surface area contributed by atoms with Gasteiger partial charge in [-0.05, 0) is 97.9 Å². The van der Waals surface area contributed by atoms with Crippen molar-refractivity contribution in [3.05, 3.63) is 172 Å². The Morgan fingerprint density at radius 3 is 2.20 bits per heavy atom. The van der Waals surface area contributed by atoms with Gasteiger partial charge in [0, 0.05) is 60.9 Å². The maximum absolute atomic E-state index is 13.8. The quantitative estimate of drug-likeness (QED) is 0.0548. The number of ether oxygens (including phenoxy) is 1. The number of aromatic hydroxyl groups is 1. The molecule has 10 rings (SSSR count). The third kappa shape index (κ3) is 13.8. The number of piperidine rings is 4. The molecule has 0 aliphatic carbocycles. The third-order valence-electron chi connectivity index (χ3n) is 13.4. The van der Waals surface area contributed by atoms with Crippen molar-refractivity contribution in [3.8, 4) is 11.5 Å². The number of quaternary nitrogens is 1. The van der Waals surface area contributed by atoms with Gasteiger partial charge < -0.3 is 56.7 Å². The molecular weight excluding hydrogens is 981 g/mol. The van der Waals surface area contributed by atoms with Gasteiger partial charge in [-0.1, -0.05) is 95.6 Å². The summed E-state index contributed by atoms with van der Waals surface area (Å²) in [5, 5.41) is 44.3. The SMILES string of the molecule is CC(=O)Nc1ccc(O)cc1OC[C@@](C)(O)CNC1CCN(Cc2ccc(Cl)cc2)CC1.OC(c1ccccc1)(c1ccccc1)c1cc(C[N+]23CCC(CC2)[C@@H](Sc2cccc(F)c2)C3)on1.[Br-]. The number of phenols is 1. The predicted molar refractivity (Wildman–Crippen MR) is 265 cm³/mol. The molecule has 69 heavy (non-hydrogen) atoms. The summed E-state index contributed by atoms with van der Waals surface area (Å²) in [5.41, 5.74) is 1.22. The van der Waals surface area contributed by atoms with Crippen molar-refractivity contribution in [2.75, 3.05) is 51.2 Å². The summed E-state index contributed by atoms with van der Waals surface area (Å²) in [5.74, 6) is 1.39. The topological polar surface area (TPSA) is 140 Å². The molecule has 6 aromatic rings. The number of halogens is 3. The Morgan fingerprint density at radius 2 is 1.57 bits per heavy atom. The normalized spacial score (nSPS) is 20.2. The van der Waals surface area contributed by atoms with Gasteiger partial charge in [0.15, 0.2) is 11.4 Å². The minimum atomic E-state index is -1.39. The van der Waals surface area contributed by atoms with Crippen molar-refractivity contribution in [1.29, 1.82) is 0 Å². The number of rotatable bonds is 16. The van der Waals surface area contributed by atoms with Crippen LogP contribution in [-0.2, 0) is 23.5 Å². The molecule has 4 saturated heterocycles. The fourth-order valence-electron chi connectivity index (χ4n) is 9.72. The first-order valence-electron chi connectivity index (χ1n) is 23.5. The van der Waals surface area contributed by atoms with Crippen LogP contribution in [0.15, 0.2) is 143 Å². The molecule has 0 spiro atoms. The number of thioether (sulfide) groups is 1. The van der Waals surface area contributed by atoms with E-state index in [0.29, 0.717) is 40.9 Å². The molecule has 4 aliphatic rings. The van der Waals surface area contributed by atoms with Crippen LogP contribution < -0.4 is 32.4 Å². The van der Waals surface area contributed by atoms with Crippen molar-refractivity contribution in [3.63, 3.8) is 0 Å². The van der Waals surface area contributed by atoms with E-state index in [2.05, 4.69) is 32.8 Å². The molecule has 366 valence electrons. The molecule has 0 radical (unpaired) electrons. The monoisotopic (exact) mass is 1040 g/mol. The summed E-state index contributed by atoms with van der Waals surface area (Å²) in [6.45, 7) is 10.4. The molecule has 5 N–H and O–H groups in total. The van der Waals surface area contributed by atoms with E-state index in [4.69, 9.17) is 20.9 Å². The van der Waals surface area contributed by atoms with Gasteiger partial charge >= 0.3 is 0 Å². The second-order valence-electron chi connectivity index (χ2n) is 18.9. The van der Waals surface area contributed by atoms with E-state index >= 15 is 0 Å². The number of fused-ring (bicyclic) bond motifs is 3. The highest BCUT2D eigenvalue weighted by Crippen LogP contribution is 2.44. The number of anilines is 1. The standard InChI is InChI=1S/C30H30FN2O2S.C24H32ClN3O4.BrH/c31-25-12-7-13-27(18-25)36-28-21-33(16-14-22(28)15-17-33)20-26-19-29(32-35-26)30(34,23-8-3-1-4-9-23)24-10-5-2-6-11-24;1-17(29)27-22-8-7-21(30)13-23(22)32-16-24(2,31)15-26-20-9-11-28(12-10-20)14-18-3-5-19(25)6-4-18;/h1-13,18-19,22,28,34H,14-17,20-21H2;3-8,13,20,26,30-31H,9-12,14-16H2,1-2H3,(H,27,29);1H/q+1;;/p-1/t22?,28-,33?;24-;/m00./s1. The Balaban J connectivity index is 0.000000203. The van der Waals surface area contributed by atoms with Gasteiger partial charge in [-0.3, -0.25) is 9.69 Å². The second kappa shape index (κ2) is 23.4. The van der Waals surface area contributed by atoms with Crippen molar-refractivity contribution in [2.24, 2.45) is 5.92 Å². The second-order valence-corrected chi connectivity index (χ2v) is 20.7. The third-order valence-corrected chi connectivity index (χ3v) is 15.0. The lowest BCUT2D eigenvalue weighted by molar-refractivity contribution is -0.954. The molecule has 2 atom stereocenters. The fraction of sp³-hybridized carbons (Fsp3) is 0.370. The van der Waals surface area contributed by atoms with Crippen LogP contribution in [0.25, 0.3) is 0 Å². The minimum Gasteiger partial charge on any atom is -1.00 e. The van der Waals surface area contributed by atoms with E-state index in [-0.39, 0.29) is 41.1 Å². The number of nitrogens with one attached hydrogen (secondary N) is 2. The maximum atomic E-state index is 13.8. The number of aliphatic hydroxyl groups is 2. The molecule has 1 amide bonds. The summed E-state index contributed by atoms with van der Waals surface area (Å²) in [6.07, 6.45) is 4.35. The van der Waals surface area contributed by atoms with Crippen LogP contribution in [0, 0.1) is 11.7 Å². The Kier molecular flexibility index (Phi) is 17.7. The highest BCUT2D eigenvalue weighted by molar-refractivity contribution is 8.00. The highest BCUT2D eigenvalue weighted by Gasteiger charge is 2.47. The van der Waals surface area contributed by atoms with Gasteiger partial charge in [-0.15, -0.1) is 11.8 Å². The van der Waals surface area contributed by atoms with E-state index in [0.717, 1.165) is 89.9 Å². The molecule has 4 aliphatic heterocycles. The van der Waals surface area contributed by atoms with Crippen LogP contribution in [0.4, 0.5) is 10.1 Å². The van der Waals surface area contributed by atoms with E-state index < -0.39 is 11.2 Å². The molecular formula is C54H62BrClFN5O6S. The van der Waals surface area contributed by atoms with Gasteiger partial charge in [-0.2, -0.15) is 0 Å². The summed E-state index contributed by atoms with van der Waals surface area (Å²) in [6, 6.07) is 40.9. The Morgan fingerprint density at radius 1 is 0.899 bits per heavy atom. The van der Waals surface area contributed by atoms with Crippen LogP contribution in [0.3, 0.4) is 0 Å². The first-order chi connectivity index (χ1) is 32.7. The molecule has 5 aromatic carbocycles. The van der Waals surface area contributed by atoms with E-state index in [1.165, 1.54) is 43.5 Å². The van der Waals surface area contributed by atoms with Crippen molar-refractivity contribution < 1.29 is 55.2 Å². The van der Waals surface area contributed by atoms with E-state index in [1.54, 1.807) is 25.1 Å². The zero-order valence-electron chi connectivity index (χ0n) is 39.1. The number of benzene rings is 5. The molecule has 1 aromatic heterocycles. The maximum Gasteiger partial charge on any atom is 0.221 e. The van der Waals surface area contributed by atoms with Gasteiger partial charge in [0.2, 0.25) is 5.91 Å². The molecule has 11 nitrogen and oxygen atoms in total. The predicted octanol–water partition coefficient (Wildman–Crippen LogP) is 6.39. The first-order valence-corrected chi connectivity index (χ1v) is 24.7. The minimum absolute atomic E-state index is 0. The summed E-state index contributed by atoms with van der Waals surface area (Å²) in [4.78, 5) is 14.8. The van der Waals surface area contributed by atoms with Crippen molar-refractivity contribution >= 4 is 35.0 Å². The van der Waals surface area contributed by atoms with Gasteiger partial charge in [-0.25, -0.2) is 4.39 Å². The summed E-state index contributed by atoms with van der Waals surface area (Å²) in [7, 11) is 0. The lowest BCUT2D eigenvalue weighted by atomic mass is 9.83. The summed E-state index contributed by atoms with van der Waals surface area (Å²) >= 11 is 7.77. The average molecular weight is 1040 g/mol. The average Bonchev–Trinajstić information content (AvgIpc) is 3.81. The van der Waals surface area contributed by atoms with Crippen LogP contribution in [0.2, 0.25) is 5.02 Å². The number of hydrogen-bond donors (Lipinski definition) is 5. The lowest BCUT2D eigenvalue weighted by Crippen LogP contribution is -3.00. The van der Waals surface area contributed by atoms with Crippen LogP contribution in [-0.4, -0.2) is 98.5 Å². The van der Waals surface area contributed by atoms with Gasteiger partial charge in [0.1, 0.15) is 41.8 Å². The number of aromatic nitrogens is 1. The molecule has 2 bridgehead atoms. The number of likely N-dealkylation sites (tertiary alicyclic amines) is 1. The smallest absolute Gasteiger partial charge is 0.221 e. The number of carbonyl (C=O) groups excluding carboxylic acids is 1. The Labute approximate surface area is 424 Å². The van der Waals surface area contributed by atoms with Crippen molar-refractivity contribution in [1.82, 2.24) is 15.4 Å². The van der Waals surface area contributed by atoms with Crippen LogP contribution in [0.1, 0.15) is 67.7 Å². The molecule has 15 heteroatoms. The largest absolute Gasteiger partial charge is 1.00 e. The lowest BCUT2D eigenvalue weighted by Gasteiger charge is -2.52. The number of amides is 1. The number of carbonyl (C=O) groups is 1.